The number of phosphoric ester groups is 1. The van der Waals surface area contributed by atoms with Crippen LogP contribution < -0.4 is 5.32 Å². The first kappa shape index (κ1) is 62.4. The van der Waals surface area contributed by atoms with Crippen molar-refractivity contribution in [2.75, 3.05) is 40.9 Å². The van der Waals surface area contributed by atoms with E-state index in [9.17, 15) is 19.0 Å². The number of ether oxygens (including phenoxy) is 1. The maximum atomic E-state index is 13.4. The molecule has 3 atom stereocenters. The Morgan fingerprint density at radius 3 is 1.51 bits per heavy atom. The zero-order valence-electron chi connectivity index (χ0n) is 42.7. The zero-order chi connectivity index (χ0) is 48.0. The second-order valence-corrected chi connectivity index (χ2v) is 20.2. The molecule has 0 aromatic rings. The van der Waals surface area contributed by atoms with Crippen LogP contribution in [-0.2, 0) is 27.9 Å². The smallest absolute Gasteiger partial charge is 0.456 e. The standard InChI is InChI=1S/C55H99N2O7P/c1-7-10-13-16-19-22-25-27-28-30-33-36-39-42-45-48-55(59)64-53(46-43-40-37-34-31-24-21-18-15-12-9-3)52(51-63-65(60,61)62-50-49-57(4,5)6)56-54(58)47-44-41-38-35-32-29-26-23-20-17-14-11-8-2/h11,14,17,19-20,22-23,25-27,43,46,52-53H,7-10,12-13,15-16,18,21,24,28-42,44-45,47-51H2,1-6H3,(H-,56,58,60,61)/p+1/b14-11+,20-17+,22-19+,26-23-,27-25+,46-43+. The number of carbonyl (C=O) groups excluding carboxylic acids is 2. The second kappa shape index (κ2) is 45.2. The molecule has 0 saturated heterocycles. The molecule has 0 radical (unpaired) electrons. The molecule has 0 heterocycles. The van der Waals surface area contributed by atoms with Gasteiger partial charge in [-0.15, -0.1) is 0 Å². The van der Waals surface area contributed by atoms with Crippen molar-refractivity contribution in [3.05, 3.63) is 72.9 Å². The average Bonchev–Trinajstić information content (AvgIpc) is 3.26. The number of allylic oxidation sites excluding steroid dienone is 11. The maximum absolute atomic E-state index is 13.4. The Balaban J connectivity index is 5.46. The van der Waals surface area contributed by atoms with Crippen LogP contribution in [0.4, 0.5) is 0 Å². The summed E-state index contributed by atoms with van der Waals surface area (Å²) in [5.41, 5.74) is 0. The molecule has 0 bridgehead atoms. The van der Waals surface area contributed by atoms with Gasteiger partial charge in [-0.25, -0.2) is 4.57 Å². The highest BCUT2D eigenvalue weighted by atomic mass is 31.2. The molecule has 10 heteroatoms. The topological polar surface area (TPSA) is 111 Å². The lowest BCUT2D eigenvalue weighted by Gasteiger charge is -2.27. The van der Waals surface area contributed by atoms with Crippen molar-refractivity contribution in [2.45, 2.75) is 226 Å². The van der Waals surface area contributed by atoms with Gasteiger partial charge in [0.25, 0.3) is 0 Å². The van der Waals surface area contributed by atoms with Gasteiger partial charge in [-0.1, -0.05) is 197 Å². The van der Waals surface area contributed by atoms with Gasteiger partial charge in [0.2, 0.25) is 5.91 Å². The third-order valence-electron chi connectivity index (χ3n) is 11.2. The van der Waals surface area contributed by atoms with E-state index in [1.54, 1.807) is 0 Å². The Bertz CT molecular complexity index is 1350. The Kier molecular flexibility index (Phi) is 43.5. The fraction of sp³-hybridized carbons (Fsp3) is 0.745. The molecule has 0 aliphatic rings. The highest BCUT2D eigenvalue weighted by molar-refractivity contribution is 7.47. The molecule has 3 unspecified atom stereocenters. The molecule has 0 aromatic heterocycles. The van der Waals surface area contributed by atoms with Crippen molar-refractivity contribution >= 4 is 19.7 Å². The van der Waals surface area contributed by atoms with Gasteiger partial charge in [-0.3, -0.25) is 18.6 Å². The molecule has 0 fully saturated rings. The third-order valence-corrected chi connectivity index (χ3v) is 12.2. The first-order valence-corrected chi connectivity index (χ1v) is 27.8. The molecule has 0 aliphatic carbocycles. The number of esters is 1. The summed E-state index contributed by atoms with van der Waals surface area (Å²) in [7, 11) is 1.46. The summed E-state index contributed by atoms with van der Waals surface area (Å²) in [4.78, 5) is 37.4. The number of nitrogens with zero attached hydrogens (tertiary/aromatic N) is 1. The maximum Gasteiger partial charge on any atom is 0.472 e. The van der Waals surface area contributed by atoms with E-state index >= 15 is 0 Å². The van der Waals surface area contributed by atoms with Gasteiger partial charge in [-0.2, -0.15) is 0 Å². The fourth-order valence-corrected chi connectivity index (χ4v) is 7.84. The minimum atomic E-state index is -4.45. The SMILES string of the molecule is CC/C=C/C=C/C=C\CCCCCCCC(=O)NC(COP(=O)(O)OCC[N+](C)(C)C)C(/C=C/CCCCCCCCCCC)OC(=O)CCCCCCCC/C=C/C=C/CCCCC. The number of quaternary nitrogens is 1. The summed E-state index contributed by atoms with van der Waals surface area (Å²) in [5.74, 6) is -0.549. The molecular weight excluding hydrogens is 832 g/mol. The summed E-state index contributed by atoms with van der Waals surface area (Å²) in [6.07, 6.45) is 56.1. The number of nitrogens with one attached hydrogen (secondary N) is 1. The zero-order valence-corrected chi connectivity index (χ0v) is 43.6. The van der Waals surface area contributed by atoms with E-state index in [0.717, 1.165) is 103 Å². The molecule has 65 heavy (non-hydrogen) atoms. The van der Waals surface area contributed by atoms with Gasteiger partial charge in [0, 0.05) is 12.8 Å². The molecular formula is C55H100N2O7P+. The summed E-state index contributed by atoms with van der Waals surface area (Å²) < 4.78 is 30.5. The van der Waals surface area contributed by atoms with Crippen LogP contribution in [0.25, 0.3) is 0 Å². The largest absolute Gasteiger partial charge is 0.472 e. The Labute approximate surface area is 400 Å². The number of amides is 1. The summed E-state index contributed by atoms with van der Waals surface area (Å²) >= 11 is 0. The molecule has 0 spiro atoms. The number of hydrogen-bond donors (Lipinski definition) is 2. The van der Waals surface area contributed by atoms with Crippen LogP contribution in [0, 0.1) is 0 Å². The molecule has 2 N–H and O–H groups in total. The molecule has 1 amide bonds. The minimum absolute atomic E-state index is 0.0310. The van der Waals surface area contributed by atoms with Gasteiger partial charge in [0.05, 0.1) is 33.8 Å². The Hall–Kier alpha value is -2.55. The van der Waals surface area contributed by atoms with E-state index in [4.69, 9.17) is 13.8 Å². The molecule has 0 rings (SSSR count). The van der Waals surface area contributed by atoms with Crippen LogP contribution in [0.15, 0.2) is 72.9 Å². The van der Waals surface area contributed by atoms with Gasteiger partial charge in [-0.05, 0) is 76.7 Å². The van der Waals surface area contributed by atoms with Crippen molar-refractivity contribution in [2.24, 2.45) is 0 Å². The first-order chi connectivity index (χ1) is 31.4. The predicted molar refractivity (Wildman–Crippen MR) is 277 cm³/mol. The highest BCUT2D eigenvalue weighted by Crippen LogP contribution is 2.43. The van der Waals surface area contributed by atoms with E-state index in [1.165, 1.54) is 77.0 Å². The average molecular weight is 932 g/mol. The molecule has 376 valence electrons. The van der Waals surface area contributed by atoms with E-state index in [-0.39, 0.29) is 31.5 Å². The van der Waals surface area contributed by atoms with Crippen molar-refractivity contribution in [3.63, 3.8) is 0 Å². The summed E-state index contributed by atoms with van der Waals surface area (Å²) in [6, 6.07) is -0.864. The minimum Gasteiger partial charge on any atom is -0.456 e. The first-order valence-electron chi connectivity index (χ1n) is 26.3. The molecule has 0 aliphatic heterocycles. The number of phosphoric acid groups is 1. The highest BCUT2D eigenvalue weighted by Gasteiger charge is 2.30. The predicted octanol–water partition coefficient (Wildman–Crippen LogP) is 15.3. The summed E-state index contributed by atoms with van der Waals surface area (Å²) in [6.45, 7) is 6.79. The lowest BCUT2D eigenvalue weighted by atomic mass is 10.1. The van der Waals surface area contributed by atoms with Crippen LogP contribution in [0.1, 0.15) is 213 Å². The number of rotatable bonds is 46. The van der Waals surface area contributed by atoms with Crippen LogP contribution in [-0.4, -0.2) is 74.3 Å². The van der Waals surface area contributed by atoms with E-state index < -0.39 is 20.0 Å². The van der Waals surface area contributed by atoms with Crippen molar-refractivity contribution in [1.82, 2.24) is 5.32 Å². The van der Waals surface area contributed by atoms with Gasteiger partial charge in [0.15, 0.2) is 0 Å². The normalized spacial score (nSPS) is 14.5. The van der Waals surface area contributed by atoms with Crippen LogP contribution >= 0.6 is 7.82 Å². The van der Waals surface area contributed by atoms with Crippen LogP contribution in [0.3, 0.4) is 0 Å². The number of likely N-dealkylation sites (N-methyl/N-ethyl adjacent to an activating group) is 1. The third kappa shape index (κ3) is 46.4. The van der Waals surface area contributed by atoms with Gasteiger partial charge >= 0.3 is 13.8 Å². The monoisotopic (exact) mass is 932 g/mol. The number of carbonyl (C=O) groups is 2. The molecule has 0 aromatic carbocycles. The van der Waals surface area contributed by atoms with E-state index in [2.05, 4.69) is 80.8 Å². The van der Waals surface area contributed by atoms with Crippen molar-refractivity contribution < 1.29 is 37.3 Å². The number of unbranched alkanes of at least 4 members (excludes halogenated alkanes) is 23. The van der Waals surface area contributed by atoms with Crippen LogP contribution in [0.2, 0.25) is 0 Å². The van der Waals surface area contributed by atoms with Gasteiger partial charge in [0.1, 0.15) is 19.3 Å². The Morgan fingerprint density at radius 1 is 0.554 bits per heavy atom. The molecule has 0 saturated carbocycles. The van der Waals surface area contributed by atoms with E-state index in [0.29, 0.717) is 17.4 Å². The summed E-state index contributed by atoms with van der Waals surface area (Å²) in [5, 5.41) is 3.02. The second-order valence-electron chi connectivity index (χ2n) is 18.8. The van der Waals surface area contributed by atoms with E-state index in [1.807, 2.05) is 39.4 Å². The fourth-order valence-electron chi connectivity index (χ4n) is 7.11. The Morgan fingerprint density at radius 2 is 0.985 bits per heavy atom. The quantitative estimate of drug-likeness (QED) is 0.0156. The van der Waals surface area contributed by atoms with Crippen molar-refractivity contribution in [1.29, 1.82) is 0 Å². The van der Waals surface area contributed by atoms with Crippen LogP contribution in [0.5, 0.6) is 0 Å². The lowest BCUT2D eigenvalue weighted by Crippen LogP contribution is -2.47. The molecule has 9 nitrogen and oxygen atoms in total. The van der Waals surface area contributed by atoms with Crippen molar-refractivity contribution in [3.8, 4) is 0 Å². The van der Waals surface area contributed by atoms with Gasteiger partial charge < -0.3 is 19.4 Å². The number of hydrogen-bond acceptors (Lipinski definition) is 6. The lowest BCUT2D eigenvalue weighted by molar-refractivity contribution is -0.870.